The fourth-order valence-corrected chi connectivity index (χ4v) is 3.40. The molecule has 0 fully saturated rings. The maximum Gasteiger partial charge on any atom is 0.339 e. The fraction of sp³-hybridized carbons (Fsp3) is 0.278. The van der Waals surface area contributed by atoms with Crippen molar-refractivity contribution in [1.82, 2.24) is 25.0 Å². The molecule has 0 aliphatic carbocycles. The molecule has 0 aliphatic heterocycles. The Labute approximate surface area is 158 Å². The van der Waals surface area contributed by atoms with E-state index in [4.69, 9.17) is 14.1 Å². The van der Waals surface area contributed by atoms with Crippen LogP contribution in [-0.2, 0) is 11.3 Å². The largest absolute Gasteiger partial charge is 0.452 e. The van der Waals surface area contributed by atoms with Crippen molar-refractivity contribution >= 4 is 28.3 Å². The van der Waals surface area contributed by atoms with Crippen LogP contribution in [-0.4, -0.2) is 30.9 Å². The molecule has 0 atom stereocenters. The number of pyridine rings is 1. The van der Waals surface area contributed by atoms with Crippen molar-refractivity contribution in [3.63, 3.8) is 0 Å². The molecule has 0 radical (unpaired) electrons. The summed E-state index contributed by atoms with van der Waals surface area (Å²) in [5.41, 5.74) is 1.77. The molecule has 0 aromatic carbocycles. The molecule has 8 nitrogen and oxygen atoms in total. The van der Waals surface area contributed by atoms with Gasteiger partial charge in [0.05, 0.1) is 27.7 Å². The second-order valence-electron chi connectivity index (χ2n) is 6.24. The normalized spacial score (nSPS) is 11.4. The second-order valence-corrected chi connectivity index (χ2v) is 7.19. The summed E-state index contributed by atoms with van der Waals surface area (Å²) in [6, 6.07) is 5.76. The molecule has 138 valence electrons. The third-order valence-electron chi connectivity index (χ3n) is 3.94. The quantitative estimate of drug-likeness (QED) is 0.484. The van der Waals surface area contributed by atoms with Gasteiger partial charge in [0, 0.05) is 13.0 Å². The van der Waals surface area contributed by atoms with E-state index in [0.717, 1.165) is 4.88 Å². The van der Waals surface area contributed by atoms with E-state index in [2.05, 4.69) is 15.3 Å². The van der Waals surface area contributed by atoms with E-state index in [1.54, 1.807) is 35.2 Å². The second kappa shape index (κ2) is 6.92. The monoisotopic (exact) mass is 383 g/mol. The molecular weight excluding hydrogens is 366 g/mol. The minimum Gasteiger partial charge on any atom is -0.452 e. The summed E-state index contributed by atoms with van der Waals surface area (Å²) in [5, 5.41) is 14.6. The number of carbonyl (C=O) groups excluding carboxylic acids is 1. The van der Waals surface area contributed by atoms with Crippen molar-refractivity contribution in [2.24, 2.45) is 0 Å². The van der Waals surface area contributed by atoms with Crippen molar-refractivity contribution < 1.29 is 13.9 Å². The summed E-state index contributed by atoms with van der Waals surface area (Å²) in [4.78, 5) is 18.5. The van der Waals surface area contributed by atoms with E-state index in [1.807, 2.05) is 31.4 Å². The highest BCUT2D eigenvalue weighted by Crippen LogP contribution is 2.29. The molecule has 9 heteroatoms. The van der Waals surface area contributed by atoms with Crippen molar-refractivity contribution in [3.05, 3.63) is 47.1 Å². The summed E-state index contributed by atoms with van der Waals surface area (Å²) in [6.07, 6.45) is 1.65. The minimum atomic E-state index is -0.487. The van der Waals surface area contributed by atoms with Gasteiger partial charge in [-0.05, 0) is 31.4 Å². The summed E-state index contributed by atoms with van der Waals surface area (Å²) >= 11 is 1.56. The standard InChI is InChI=1S/C18H17N5O3S/c1-10(2)23-17-13(8-19-23)12(7-14(20-17)15-5-4-6-27-15)18(24)25-9-16-22-21-11(3)26-16/h4-8,10H,9H2,1-3H3. The van der Waals surface area contributed by atoms with Crippen molar-refractivity contribution in [2.75, 3.05) is 0 Å². The van der Waals surface area contributed by atoms with E-state index in [9.17, 15) is 4.79 Å². The zero-order chi connectivity index (χ0) is 19.0. The number of fused-ring (bicyclic) bond motifs is 1. The molecule has 0 bridgehead atoms. The van der Waals surface area contributed by atoms with Gasteiger partial charge in [-0.25, -0.2) is 14.5 Å². The third-order valence-corrected chi connectivity index (χ3v) is 4.84. The predicted molar refractivity (Wildman–Crippen MR) is 99.4 cm³/mol. The van der Waals surface area contributed by atoms with Crippen LogP contribution in [0.1, 0.15) is 42.0 Å². The SMILES string of the molecule is Cc1nnc(COC(=O)c2cc(-c3cccs3)nc3c2cnn3C(C)C)o1. The topological polar surface area (TPSA) is 95.9 Å². The zero-order valence-corrected chi connectivity index (χ0v) is 15.9. The van der Waals surface area contributed by atoms with Gasteiger partial charge in [-0.15, -0.1) is 21.5 Å². The molecule has 0 saturated heterocycles. The summed E-state index contributed by atoms with van der Waals surface area (Å²) in [6.45, 7) is 5.62. The number of nitrogens with zero attached hydrogens (tertiary/aromatic N) is 5. The summed E-state index contributed by atoms with van der Waals surface area (Å²) in [7, 11) is 0. The van der Waals surface area contributed by atoms with Crippen LogP contribution in [0.2, 0.25) is 0 Å². The number of rotatable bonds is 5. The van der Waals surface area contributed by atoms with Gasteiger partial charge in [0.25, 0.3) is 5.89 Å². The molecule has 0 saturated carbocycles. The number of carbonyl (C=O) groups is 1. The number of hydrogen-bond acceptors (Lipinski definition) is 8. The van der Waals surface area contributed by atoms with Gasteiger partial charge < -0.3 is 9.15 Å². The zero-order valence-electron chi connectivity index (χ0n) is 15.0. The number of hydrogen-bond donors (Lipinski definition) is 0. The van der Waals surface area contributed by atoms with Crippen LogP contribution in [0.5, 0.6) is 0 Å². The molecule has 0 amide bonds. The summed E-state index contributed by atoms with van der Waals surface area (Å²) < 4.78 is 12.4. The van der Waals surface area contributed by atoms with Crippen LogP contribution >= 0.6 is 11.3 Å². The number of ether oxygens (including phenoxy) is 1. The Balaban J connectivity index is 1.74. The first-order chi connectivity index (χ1) is 13.0. The van der Waals surface area contributed by atoms with E-state index >= 15 is 0 Å². The van der Waals surface area contributed by atoms with Gasteiger partial charge in [-0.3, -0.25) is 0 Å². The Morgan fingerprint density at radius 1 is 1.37 bits per heavy atom. The molecule has 4 rings (SSSR count). The van der Waals surface area contributed by atoms with Gasteiger partial charge in [-0.2, -0.15) is 5.10 Å². The molecular formula is C18H17N5O3S. The first kappa shape index (κ1) is 17.3. The van der Waals surface area contributed by atoms with Crippen LogP contribution in [0, 0.1) is 6.92 Å². The lowest BCUT2D eigenvalue weighted by atomic mass is 10.1. The van der Waals surface area contributed by atoms with Gasteiger partial charge >= 0.3 is 5.97 Å². The van der Waals surface area contributed by atoms with Crippen LogP contribution in [0.25, 0.3) is 21.6 Å². The van der Waals surface area contributed by atoms with E-state index < -0.39 is 5.97 Å². The Morgan fingerprint density at radius 3 is 2.89 bits per heavy atom. The Bertz CT molecular complexity index is 1100. The average molecular weight is 383 g/mol. The molecule has 4 aromatic rings. The maximum absolute atomic E-state index is 12.8. The summed E-state index contributed by atoms with van der Waals surface area (Å²) in [5.74, 6) is 0.187. The first-order valence-electron chi connectivity index (χ1n) is 8.41. The lowest BCUT2D eigenvalue weighted by Gasteiger charge is -2.09. The lowest BCUT2D eigenvalue weighted by Crippen LogP contribution is -2.08. The van der Waals surface area contributed by atoms with Crippen molar-refractivity contribution in [2.45, 2.75) is 33.4 Å². The van der Waals surface area contributed by atoms with Gasteiger partial charge in [-0.1, -0.05) is 6.07 Å². The molecule has 4 aromatic heterocycles. The Morgan fingerprint density at radius 2 is 2.22 bits per heavy atom. The number of thiophene rings is 1. The van der Waals surface area contributed by atoms with Crippen LogP contribution in [0.15, 0.2) is 34.2 Å². The molecule has 27 heavy (non-hydrogen) atoms. The molecule has 0 aliphatic rings. The number of esters is 1. The van der Waals surface area contributed by atoms with Crippen molar-refractivity contribution in [1.29, 1.82) is 0 Å². The molecule has 4 heterocycles. The first-order valence-corrected chi connectivity index (χ1v) is 9.29. The number of aromatic nitrogens is 5. The Kier molecular flexibility index (Phi) is 4.44. The predicted octanol–water partition coefficient (Wildman–Crippen LogP) is 3.79. The lowest BCUT2D eigenvalue weighted by molar-refractivity contribution is 0.0439. The van der Waals surface area contributed by atoms with Crippen molar-refractivity contribution in [3.8, 4) is 10.6 Å². The average Bonchev–Trinajstić information content (AvgIpc) is 3.38. The highest BCUT2D eigenvalue weighted by Gasteiger charge is 2.20. The smallest absolute Gasteiger partial charge is 0.339 e. The maximum atomic E-state index is 12.8. The minimum absolute atomic E-state index is 0.0872. The van der Waals surface area contributed by atoms with E-state index in [1.165, 1.54) is 0 Å². The van der Waals surface area contributed by atoms with Crippen LogP contribution in [0.4, 0.5) is 0 Å². The highest BCUT2D eigenvalue weighted by molar-refractivity contribution is 7.13. The van der Waals surface area contributed by atoms with Gasteiger partial charge in [0.2, 0.25) is 5.89 Å². The van der Waals surface area contributed by atoms with Gasteiger partial charge in [0.15, 0.2) is 12.3 Å². The highest BCUT2D eigenvalue weighted by atomic mass is 32.1. The molecule has 0 N–H and O–H groups in total. The fourth-order valence-electron chi connectivity index (χ4n) is 2.72. The van der Waals surface area contributed by atoms with Crippen LogP contribution in [0.3, 0.4) is 0 Å². The number of aryl methyl sites for hydroxylation is 1. The van der Waals surface area contributed by atoms with Crippen LogP contribution < -0.4 is 0 Å². The molecule has 0 spiro atoms. The Hall–Kier alpha value is -3.07. The van der Waals surface area contributed by atoms with Gasteiger partial charge in [0.1, 0.15) is 0 Å². The molecule has 0 unspecified atom stereocenters. The van der Waals surface area contributed by atoms with E-state index in [0.29, 0.717) is 28.2 Å². The third kappa shape index (κ3) is 3.33. The van der Waals surface area contributed by atoms with E-state index in [-0.39, 0.29) is 18.5 Å².